The molecule has 0 radical (unpaired) electrons. The number of benzene rings is 2. The van der Waals surface area contributed by atoms with Gasteiger partial charge in [0.1, 0.15) is 0 Å². The number of hydrogen-bond acceptors (Lipinski definition) is 6. The number of nitro benzene ring substituents is 1. The number of carbonyl (C=O) groups excluding carboxylic acids is 1. The van der Waals surface area contributed by atoms with Crippen molar-refractivity contribution in [1.29, 1.82) is 0 Å². The normalized spacial score (nSPS) is 10.5. The maximum Gasteiger partial charge on any atom is 0.271 e. The van der Waals surface area contributed by atoms with E-state index in [0.29, 0.717) is 28.0 Å². The van der Waals surface area contributed by atoms with Crippen LogP contribution >= 0.6 is 11.6 Å². The van der Waals surface area contributed by atoms with Gasteiger partial charge in [0.05, 0.1) is 4.92 Å². The lowest BCUT2D eigenvalue weighted by atomic mass is 10.2. The van der Waals surface area contributed by atoms with Crippen LogP contribution < -0.4 is 5.32 Å². The van der Waals surface area contributed by atoms with Crippen LogP contribution in [-0.4, -0.2) is 21.0 Å². The summed E-state index contributed by atoms with van der Waals surface area (Å²) in [5.41, 5.74) is 0.980. The van der Waals surface area contributed by atoms with Gasteiger partial charge < -0.3 is 9.84 Å². The fourth-order valence-electron chi connectivity index (χ4n) is 2.24. The average Bonchev–Trinajstić information content (AvgIpc) is 3.09. The lowest BCUT2D eigenvalue weighted by molar-refractivity contribution is -0.384. The third-order valence-corrected chi connectivity index (χ3v) is 3.69. The van der Waals surface area contributed by atoms with Crippen LogP contribution in [0.15, 0.2) is 53.1 Å². The minimum atomic E-state index is -0.522. The first-order chi connectivity index (χ1) is 12.5. The minimum absolute atomic E-state index is 0.0918. The van der Waals surface area contributed by atoms with E-state index in [1.165, 1.54) is 18.2 Å². The zero-order valence-electron chi connectivity index (χ0n) is 13.4. The van der Waals surface area contributed by atoms with Crippen molar-refractivity contribution in [1.82, 2.24) is 10.1 Å². The summed E-state index contributed by atoms with van der Waals surface area (Å²) in [6.45, 7) is 0. The van der Waals surface area contributed by atoms with E-state index in [1.54, 1.807) is 30.3 Å². The van der Waals surface area contributed by atoms with Gasteiger partial charge in [0.15, 0.2) is 0 Å². The number of aromatic nitrogens is 2. The lowest BCUT2D eigenvalue weighted by Gasteiger charge is -2.03. The fraction of sp³-hybridized carbons (Fsp3) is 0.118. The van der Waals surface area contributed by atoms with Gasteiger partial charge >= 0.3 is 0 Å². The largest absolute Gasteiger partial charge is 0.339 e. The van der Waals surface area contributed by atoms with Gasteiger partial charge in [0.25, 0.3) is 5.69 Å². The molecule has 0 aliphatic carbocycles. The standard InChI is InChI=1S/C17H13ClN4O4/c18-12-4-1-3-11(9-12)17-20-16(26-21-17)8-7-15(23)19-13-5-2-6-14(10-13)22(24)25/h1-6,9-10H,7-8H2,(H,19,23). The van der Waals surface area contributed by atoms with E-state index in [-0.39, 0.29) is 24.4 Å². The van der Waals surface area contributed by atoms with Crippen molar-refractivity contribution < 1.29 is 14.2 Å². The SMILES string of the molecule is O=C(CCc1nc(-c2cccc(Cl)c2)no1)Nc1cccc([N+](=O)[O-])c1. The first kappa shape index (κ1) is 17.6. The van der Waals surface area contributed by atoms with Crippen LogP contribution in [0.1, 0.15) is 12.3 Å². The Labute approximate surface area is 152 Å². The third-order valence-electron chi connectivity index (χ3n) is 3.46. The van der Waals surface area contributed by atoms with Crippen LogP contribution in [0.2, 0.25) is 5.02 Å². The molecule has 1 amide bonds. The Morgan fingerprint density at radius 2 is 2.04 bits per heavy atom. The van der Waals surface area contributed by atoms with Crippen LogP contribution in [0.3, 0.4) is 0 Å². The third kappa shape index (κ3) is 4.42. The molecule has 0 bridgehead atoms. The quantitative estimate of drug-likeness (QED) is 0.519. The highest BCUT2D eigenvalue weighted by Gasteiger charge is 2.12. The molecule has 1 aromatic heterocycles. The summed E-state index contributed by atoms with van der Waals surface area (Å²) in [6.07, 6.45) is 0.341. The van der Waals surface area contributed by atoms with Crippen LogP contribution in [0, 0.1) is 10.1 Å². The van der Waals surface area contributed by atoms with Gasteiger partial charge in [-0.25, -0.2) is 0 Å². The Morgan fingerprint density at radius 3 is 2.81 bits per heavy atom. The van der Waals surface area contributed by atoms with E-state index in [9.17, 15) is 14.9 Å². The summed E-state index contributed by atoms with van der Waals surface area (Å²) in [6, 6.07) is 12.8. The molecule has 3 aromatic rings. The van der Waals surface area contributed by atoms with E-state index in [0.717, 1.165) is 0 Å². The van der Waals surface area contributed by atoms with Crippen LogP contribution in [0.4, 0.5) is 11.4 Å². The van der Waals surface area contributed by atoms with Gasteiger partial charge in [-0.3, -0.25) is 14.9 Å². The number of nitro groups is 1. The Balaban J connectivity index is 1.58. The maximum absolute atomic E-state index is 12.0. The molecule has 0 aliphatic rings. The number of non-ortho nitro benzene ring substituents is 1. The molecular formula is C17H13ClN4O4. The molecule has 1 heterocycles. The Morgan fingerprint density at radius 1 is 1.23 bits per heavy atom. The molecule has 0 aliphatic heterocycles. The van der Waals surface area contributed by atoms with E-state index in [2.05, 4.69) is 15.5 Å². The number of anilines is 1. The summed E-state index contributed by atoms with van der Waals surface area (Å²) >= 11 is 5.93. The second-order valence-corrected chi connectivity index (χ2v) is 5.81. The van der Waals surface area contributed by atoms with Gasteiger partial charge in [-0.05, 0) is 18.2 Å². The number of rotatable bonds is 6. The average molecular weight is 373 g/mol. The first-order valence-corrected chi connectivity index (χ1v) is 8.02. The molecule has 1 N–H and O–H groups in total. The Bertz CT molecular complexity index is 957. The van der Waals surface area contributed by atoms with Gasteiger partial charge in [0.2, 0.25) is 17.6 Å². The summed E-state index contributed by atoms with van der Waals surface area (Å²) in [5, 5.41) is 17.8. The van der Waals surface area contributed by atoms with Gasteiger partial charge in [-0.15, -0.1) is 0 Å². The maximum atomic E-state index is 12.0. The van der Waals surface area contributed by atoms with Crippen LogP contribution in [0.5, 0.6) is 0 Å². The van der Waals surface area contributed by atoms with Gasteiger partial charge in [0, 0.05) is 41.2 Å². The molecular weight excluding hydrogens is 360 g/mol. The number of carbonyl (C=O) groups is 1. The highest BCUT2D eigenvalue weighted by Crippen LogP contribution is 2.20. The number of hydrogen-bond donors (Lipinski definition) is 1. The number of nitrogens with one attached hydrogen (secondary N) is 1. The molecule has 0 spiro atoms. The van der Waals surface area contributed by atoms with Crippen molar-refractivity contribution in [2.24, 2.45) is 0 Å². The predicted octanol–water partition coefficient (Wildman–Crippen LogP) is 3.87. The summed E-state index contributed by atoms with van der Waals surface area (Å²) in [4.78, 5) is 26.5. The van der Waals surface area contributed by atoms with E-state index >= 15 is 0 Å². The monoisotopic (exact) mass is 372 g/mol. The molecule has 0 saturated heterocycles. The molecule has 0 saturated carbocycles. The molecule has 0 atom stereocenters. The summed E-state index contributed by atoms with van der Waals surface area (Å²) < 4.78 is 5.14. The van der Waals surface area contributed by atoms with Gasteiger partial charge in [-0.2, -0.15) is 4.98 Å². The van der Waals surface area contributed by atoms with E-state index < -0.39 is 4.92 Å². The number of nitrogens with zero attached hydrogens (tertiary/aromatic N) is 3. The number of amides is 1. The van der Waals surface area contributed by atoms with Crippen LogP contribution in [0.25, 0.3) is 11.4 Å². The van der Waals surface area contributed by atoms with Crippen LogP contribution in [-0.2, 0) is 11.2 Å². The van der Waals surface area contributed by atoms with E-state index in [4.69, 9.17) is 16.1 Å². The molecule has 3 rings (SSSR count). The Kier molecular flexibility index (Phi) is 5.23. The highest BCUT2D eigenvalue weighted by atomic mass is 35.5. The number of halogens is 1. The molecule has 132 valence electrons. The van der Waals surface area contributed by atoms with E-state index in [1.807, 2.05) is 0 Å². The molecule has 0 unspecified atom stereocenters. The zero-order valence-corrected chi connectivity index (χ0v) is 14.1. The molecule has 8 nitrogen and oxygen atoms in total. The minimum Gasteiger partial charge on any atom is -0.339 e. The van der Waals surface area contributed by atoms with Crippen molar-refractivity contribution in [2.45, 2.75) is 12.8 Å². The fourth-order valence-corrected chi connectivity index (χ4v) is 2.43. The molecule has 26 heavy (non-hydrogen) atoms. The Hall–Kier alpha value is -3.26. The van der Waals surface area contributed by atoms with Crippen molar-refractivity contribution in [3.05, 3.63) is 69.6 Å². The topological polar surface area (TPSA) is 111 Å². The molecule has 2 aromatic carbocycles. The second-order valence-electron chi connectivity index (χ2n) is 5.38. The van der Waals surface area contributed by atoms with Crippen molar-refractivity contribution in [3.63, 3.8) is 0 Å². The van der Waals surface area contributed by atoms with Crippen molar-refractivity contribution in [3.8, 4) is 11.4 Å². The van der Waals surface area contributed by atoms with Crippen molar-refractivity contribution in [2.75, 3.05) is 5.32 Å². The van der Waals surface area contributed by atoms with Gasteiger partial charge in [-0.1, -0.05) is 35.0 Å². The lowest BCUT2D eigenvalue weighted by Crippen LogP contribution is -2.12. The predicted molar refractivity (Wildman–Crippen MR) is 94.8 cm³/mol. The van der Waals surface area contributed by atoms with Crippen molar-refractivity contribution >= 4 is 28.9 Å². The first-order valence-electron chi connectivity index (χ1n) is 7.64. The smallest absolute Gasteiger partial charge is 0.271 e. The zero-order chi connectivity index (χ0) is 18.5. The summed E-state index contributed by atoms with van der Waals surface area (Å²) in [5.74, 6) is 0.392. The molecule has 9 heteroatoms. The number of aryl methyl sites for hydroxylation is 1. The summed E-state index contributed by atoms with van der Waals surface area (Å²) in [7, 11) is 0. The highest BCUT2D eigenvalue weighted by molar-refractivity contribution is 6.30. The molecule has 0 fully saturated rings. The second kappa shape index (κ2) is 7.75.